The van der Waals surface area contributed by atoms with Crippen molar-refractivity contribution in [1.29, 1.82) is 0 Å². The van der Waals surface area contributed by atoms with Gasteiger partial charge in [0.25, 0.3) is 0 Å². The van der Waals surface area contributed by atoms with Crippen molar-refractivity contribution in [3.05, 3.63) is 52.4 Å². The van der Waals surface area contributed by atoms with E-state index in [1.54, 1.807) is 6.33 Å². The van der Waals surface area contributed by atoms with Crippen molar-refractivity contribution in [2.45, 2.75) is 44.0 Å². The zero-order valence-corrected chi connectivity index (χ0v) is 17.2. The average Bonchev–Trinajstić information content (AvgIpc) is 3.11. The molecule has 154 valence electrons. The van der Waals surface area contributed by atoms with E-state index >= 15 is 0 Å². The van der Waals surface area contributed by atoms with Crippen molar-refractivity contribution in [3.8, 4) is 0 Å². The lowest BCUT2D eigenvalue weighted by molar-refractivity contribution is -0.110. The zero-order valence-electron chi connectivity index (χ0n) is 16.4. The van der Waals surface area contributed by atoms with E-state index in [-0.39, 0.29) is 12.1 Å². The number of aromatic nitrogens is 2. The number of fused-ring (bicyclic) bond motifs is 1. The number of piperazine rings is 1. The first-order chi connectivity index (χ1) is 14.0. The van der Waals surface area contributed by atoms with Gasteiger partial charge in [0, 0.05) is 36.3 Å². The standard InChI is InChI=1S/C21H26ClN5O2/c1-13-10-26(20(17(23)11-28)14-2-4-15(22)5-3-14)8-9-27(13)21-16-6-7-18(29)19(16)24-12-25-21/h2-5,11-13,17-18,20,29H,6-10,23H2,1H3/t13-,17?,18-,20?/m0/s1. The highest BCUT2D eigenvalue weighted by Crippen LogP contribution is 2.36. The molecule has 1 aliphatic heterocycles. The lowest BCUT2D eigenvalue weighted by Gasteiger charge is -2.45. The van der Waals surface area contributed by atoms with Crippen LogP contribution < -0.4 is 10.6 Å². The third-order valence-corrected chi connectivity index (χ3v) is 6.25. The lowest BCUT2D eigenvalue weighted by atomic mass is 9.97. The van der Waals surface area contributed by atoms with Crippen molar-refractivity contribution >= 4 is 23.7 Å². The van der Waals surface area contributed by atoms with Gasteiger partial charge < -0.3 is 20.5 Å². The number of aldehydes is 1. The molecule has 0 spiro atoms. The Bertz CT molecular complexity index is 878. The van der Waals surface area contributed by atoms with Crippen LogP contribution in [0.25, 0.3) is 0 Å². The molecule has 1 fully saturated rings. The molecule has 7 nitrogen and oxygen atoms in total. The number of anilines is 1. The van der Waals surface area contributed by atoms with Gasteiger partial charge in [-0.25, -0.2) is 9.97 Å². The molecule has 29 heavy (non-hydrogen) atoms. The summed E-state index contributed by atoms with van der Waals surface area (Å²) in [4.78, 5) is 24.9. The molecule has 1 aliphatic carbocycles. The number of aliphatic hydroxyl groups is 1. The Morgan fingerprint density at radius 2 is 2.03 bits per heavy atom. The van der Waals surface area contributed by atoms with E-state index in [0.29, 0.717) is 11.4 Å². The number of halogens is 1. The second kappa shape index (κ2) is 8.36. The molecule has 0 amide bonds. The van der Waals surface area contributed by atoms with Gasteiger partial charge >= 0.3 is 0 Å². The summed E-state index contributed by atoms with van der Waals surface area (Å²) in [5.41, 5.74) is 8.99. The van der Waals surface area contributed by atoms with Gasteiger partial charge in [0.15, 0.2) is 0 Å². The van der Waals surface area contributed by atoms with Crippen molar-refractivity contribution in [1.82, 2.24) is 14.9 Å². The predicted octanol–water partition coefficient (Wildman–Crippen LogP) is 1.89. The van der Waals surface area contributed by atoms with Crippen LogP contribution >= 0.6 is 11.6 Å². The summed E-state index contributed by atoms with van der Waals surface area (Å²) in [7, 11) is 0. The SMILES string of the molecule is C[C@H]1CN(C(c2ccc(Cl)cc2)C(N)C=O)CCN1c1ncnc2c1CC[C@@H]2O. The molecule has 8 heteroatoms. The van der Waals surface area contributed by atoms with Crippen molar-refractivity contribution in [2.24, 2.45) is 5.73 Å². The van der Waals surface area contributed by atoms with Crippen molar-refractivity contribution in [3.63, 3.8) is 0 Å². The van der Waals surface area contributed by atoms with E-state index < -0.39 is 12.1 Å². The van der Waals surface area contributed by atoms with Gasteiger partial charge in [-0.1, -0.05) is 23.7 Å². The second-order valence-corrected chi connectivity index (χ2v) is 8.30. The van der Waals surface area contributed by atoms with E-state index in [9.17, 15) is 9.90 Å². The fourth-order valence-corrected chi connectivity index (χ4v) is 4.70. The molecule has 4 rings (SSSR count). The lowest BCUT2D eigenvalue weighted by Crippen LogP contribution is -2.56. The number of carbonyl (C=O) groups is 1. The van der Waals surface area contributed by atoms with E-state index in [4.69, 9.17) is 17.3 Å². The normalized spacial score (nSPS) is 24.2. The fourth-order valence-electron chi connectivity index (χ4n) is 4.57. The quantitative estimate of drug-likeness (QED) is 0.720. The Hall–Kier alpha value is -2.06. The number of carbonyl (C=O) groups excluding carboxylic acids is 1. The minimum Gasteiger partial charge on any atom is -0.387 e. The van der Waals surface area contributed by atoms with Crippen LogP contribution in [0.15, 0.2) is 30.6 Å². The van der Waals surface area contributed by atoms with E-state index in [2.05, 4.69) is 26.7 Å². The highest BCUT2D eigenvalue weighted by Gasteiger charge is 2.35. The molecular weight excluding hydrogens is 390 g/mol. The first-order valence-electron chi connectivity index (χ1n) is 9.98. The fraction of sp³-hybridized carbons (Fsp3) is 0.476. The van der Waals surface area contributed by atoms with Gasteiger partial charge in [-0.3, -0.25) is 4.90 Å². The number of nitrogens with zero attached hydrogens (tertiary/aromatic N) is 4. The Morgan fingerprint density at radius 1 is 1.28 bits per heavy atom. The summed E-state index contributed by atoms with van der Waals surface area (Å²) in [6.45, 7) is 4.41. The van der Waals surface area contributed by atoms with Gasteiger partial charge in [0.05, 0.1) is 23.9 Å². The zero-order chi connectivity index (χ0) is 20.5. The minimum atomic E-state index is -0.617. The summed E-state index contributed by atoms with van der Waals surface area (Å²) in [5, 5.41) is 10.8. The molecule has 1 aromatic carbocycles. The largest absolute Gasteiger partial charge is 0.387 e. The number of rotatable bonds is 5. The molecule has 3 N–H and O–H groups in total. The van der Waals surface area contributed by atoms with Crippen LogP contribution in [0, 0.1) is 0 Å². The summed E-state index contributed by atoms with van der Waals surface area (Å²) in [6, 6.07) is 6.89. The molecule has 2 aliphatic rings. The molecule has 0 radical (unpaired) electrons. The first kappa shape index (κ1) is 20.2. The van der Waals surface area contributed by atoms with Crippen LogP contribution in [0.3, 0.4) is 0 Å². The Labute approximate surface area is 175 Å². The maximum atomic E-state index is 11.5. The monoisotopic (exact) mass is 415 g/mol. The Kier molecular flexibility index (Phi) is 5.83. The van der Waals surface area contributed by atoms with Gasteiger partial charge in [-0.15, -0.1) is 0 Å². The molecule has 0 bridgehead atoms. The molecule has 0 saturated carbocycles. The topological polar surface area (TPSA) is 95.6 Å². The summed E-state index contributed by atoms with van der Waals surface area (Å²) < 4.78 is 0. The van der Waals surface area contributed by atoms with Gasteiger partial charge in [0.1, 0.15) is 18.4 Å². The molecule has 4 atom stereocenters. The second-order valence-electron chi connectivity index (χ2n) is 7.86. The summed E-state index contributed by atoms with van der Waals surface area (Å²) in [6.07, 6.45) is 3.35. The van der Waals surface area contributed by atoms with Gasteiger partial charge in [-0.2, -0.15) is 0 Å². The van der Waals surface area contributed by atoms with E-state index in [1.165, 1.54) is 0 Å². The molecule has 2 aromatic rings. The van der Waals surface area contributed by atoms with Crippen molar-refractivity contribution < 1.29 is 9.90 Å². The van der Waals surface area contributed by atoms with Gasteiger partial charge in [-0.05, 0) is 37.5 Å². The summed E-state index contributed by atoms with van der Waals surface area (Å²) in [5.74, 6) is 0.918. The highest BCUT2D eigenvalue weighted by atomic mass is 35.5. The van der Waals surface area contributed by atoms with Crippen LogP contribution in [0.1, 0.15) is 42.3 Å². The third-order valence-electron chi connectivity index (χ3n) is 6.00. The number of aliphatic hydroxyl groups excluding tert-OH is 1. The third kappa shape index (κ3) is 3.88. The first-order valence-corrected chi connectivity index (χ1v) is 10.4. The molecule has 1 aromatic heterocycles. The molecule has 1 saturated heterocycles. The minimum absolute atomic E-state index is 0.175. The van der Waals surface area contributed by atoms with Gasteiger partial charge in [0.2, 0.25) is 0 Å². The van der Waals surface area contributed by atoms with Crippen LogP contribution in [-0.4, -0.2) is 58.0 Å². The number of hydrogen-bond acceptors (Lipinski definition) is 7. The van der Waals surface area contributed by atoms with E-state index in [0.717, 1.165) is 55.0 Å². The average molecular weight is 416 g/mol. The maximum Gasteiger partial charge on any atom is 0.138 e. The number of hydrogen-bond donors (Lipinski definition) is 2. The van der Waals surface area contributed by atoms with Crippen LogP contribution in [0.2, 0.25) is 5.02 Å². The van der Waals surface area contributed by atoms with Crippen LogP contribution in [0.4, 0.5) is 5.82 Å². The Balaban J connectivity index is 1.56. The van der Waals surface area contributed by atoms with E-state index in [1.807, 2.05) is 24.3 Å². The number of benzene rings is 1. The predicted molar refractivity (Wildman–Crippen MR) is 112 cm³/mol. The number of nitrogens with two attached hydrogens (primary N) is 1. The summed E-state index contributed by atoms with van der Waals surface area (Å²) >= 11 is 6.03. The highest BCUT2D eigenvalue weighted by molar-refractivity contribution is 6.30. The molecule has 2 heterocycles. The van der Waals surface area contributed by atoms with Crippen LogP contribution in [0.5, 0.6) is 0 Å². The maximum absolute atomic E-state index is 11.5. The Morgan fingerprint density at radius 3 is 2.72 bits per heavy atom. The smallest absolute Gasteiger partial charge is 0.138 e. The molecular formula is C21H26ClN5O2. The molecule has 2 unspecified atom stereocenters. The van der Waals surface area contributed by atoms with Crippen molar-refractivity contribution in [2.75, 3.05) is 24.5 Å². The van der Waals surface area contributed by atoms with Crippen LogP contribution in [-0.2, 0) is 11.2 Å².